The molecule has 4 nitrogen and oxygen atoms in total. The van der Waals surface area contributed by atoms with Gasteiger partial charge in [-0.2, -0.15) is 0 Å². The van der Waals surface area contributed by atoms with Gasteiger partial charge < -0.3 is 0 Å². The van der Waals surface area contributed by atoms with Crippen LogP contribution in [-0.2, 0) is 25.7 Å². The molecule has 0 atom stereocenters. The van der Waals surface area contributed by atoms with Crippen LogP contribution in [0.15, 0.2) is 83.0 Å². The number of nitrogens with zero attached hydrogens (tertiary/aromatic N) is 4. The van der Waals surface area contributed by atoms with Crippen LogP contribution in [0.3, 0.4) is 0 Å². The zero-order chi connectivity index (χ0) is 24.2. The van der Waals surface area contributed by atoms with Crippen molar-refractivity contribution in [3.05, 3.63) is 107 Å². The number of aliphatic imine (C=N–C) groups is 2. The molecule has 6 rings (SSSR count). The number of fused-ring (bicyclic) bond motifs is 2. The van der Waals surface area contributed by atoms with Gasteiger partial charge in [-0.1, -0.05) is 24.3 Å². The normalized spacial score (nSPS) is 15.2. The molecule has 4 aromatic rings. The minimum atomic E-state index is 0.865. The van der Waals surface area contributed by atoms with E-state index in [0.29, 0.717) is 0 Å². The van der Waals surface area contributed by atoms with E-state index in [1.165, 1.54) is 59.1 Å². The molecule has 2 aromatic carbocycles. The molecular formula is C32H30N4. The third-order valence-electron chi connectivity index (χ3n) is 7.32. The molecule has 2 aliphatic rings. The van der Waals surface area contributed by atoms with Gasteiger partial charge in [-0.3, -0.25) is 20.0 Å². The van der Waals surface area contributed by atoms with Gasteiger partial charge in [0.2, 0.25) is 0 Å². The predicted molar refractivity (Wildman–Crippen MR) is 148 cm³/mol. The maximum atomic E-state index is 5.02. The van der Waals surface area contributed by atoms with Crippen LogP contribution >= 0.6 is 0 Å². The number of benzene rings is 2. The Bertz CT molecular complexity index is 1310. The van der Waals surface area contributed by atoms with Gasteiger partial charge in [0.05, 0.1) is 35.2 Å². The Morgan fingerprint density at radius 2 is 1.00 bits per heavy atom. The summed E-state index contributed by atoms with van der Waals surface area (Å²) in [6.07, 6.45) is 16.8. The first-order chi connectivity index (χ1) is 17.9. The van der Waals surface area contributed by atoms with Crippen LogP contribution in [0.1, 0.15) is 59.3 Å². The Labute approximate surface area is 212 Å². The Balaban J connectivity index is 1.56. The molecular weight excluding hydrogens is 440 g/mol. The van der Waals surface area contributed by atoms with E-state index >= 15 is 0 Å². The zero-order valence-electron chi connectivity index (χ0n) is 20.5. The van der Waals surface area contributed by atoms with Crippen LogP contribution in [0.2, 0.25) is 0 Å². The molecule has 4 heteroatoms. The summed E-state index contributed by atoms with van der Waals surface area (Å²) in [7, 11) is 0. The molecule has 178 valence electrons. The zero-order valence-corrected chi connectivity index (χ0v) is 20.5. The lowest BCUT2D eigenvalue weighted by Gasteiger charge is -2.26. The van der Waals surface area contributed by atoms with E-state index in [4.69, 9.17) is 9.98 Å². The fraction of sp³-hybridized carbons (Fsp3) is 0.250. The standard InChI is InChI=1S/C32H30N4/c1-3-13-27-23(9-1)15-17-29(35-21-25-11-5-7-19-33-25)31(27)32-28-14-4-2-10-24(28)16-18-30(32)36-22-26-12-6-8-20-34-26/h5-8,11-12,15-22H,1-4,9-10,13-14H2. The van der Waals surface area contributed by atoms with Gasteiger partial charge in [0.25, 0.3) is 0 Å². The SMILES string of the molecule is C(=Nc1ccc2c(c1-c1c(N=Cc3ccccn3)ccc3c1CCCC3)CCCC2)c1ccccn1. The lowest BCUT2D eigenvalue weighted by atomic mass is 9.79. The van der Waals surface area contributed by atoms with Crippen LogP contribution in [-0.4, -0.2) is 22.4 Å². The highest BCUT2D eigenvalue weighted by atomic mass is 14.8. The average Bonchev–Trinajstić information content (AvgIpc) is 2.95. The summed E-state index contributed by atoms with van der Waals surface area (Å²) in [6.45, 7) is 0. The fourth-order valence-electron chi connectivity index (χ4n) is 5.58. The maximum Gasteiger partial charge on any atom is 0.0812 e. The van der Waals surface area contributed by atoms with Gasteiger partial charge in [-0.05, 0) is 110 Å². The van der Waals surface area contributed by atoms with Crippen LogP contribution in [0, 0.1) is 0 Å². The van der Waals surface area contributed by atoms with Crippen LogP contribution in [0.4, 0.5) is 11.4 Å². The number of pyridine rings is 2. The minimum Gasteiger partial charge on any atom is -0.255 e. The third-order valence-corrected chi connectivity index (χ3v) is 7.32. The minimum absolute atomic E-state index is 0.865. The molecule has 0 unspecified atom stereocenters. The molecule has 0 radical (unpaired) electrons. The van der Waals surface area contributed by atoms with Crippen molar-refractivity contribution in [3.8, 4) is 11.1 Å². The summed E-state index contributed by atoms with van der Waals surface area (Å²) in [4.78, 5) is 18.9. The monoisotopic (exact) mass is 470 g/mol. The predicted octanol–water partition coefficient (Wildman–Crippen LogP) is 7.40. The van der Waals surface area contributed by atoms with Crippen molar-refractivity contribution in [2.45, 2.75) is 51.4 Å². The molecule has 0 aliphatic heterocycles. The molecule has 0 fully saturated rings. The molecule has 0 N–H and O–H groups in total. The summed E-state index contributed by atoms with van der Waals surface area (Å²) >= 11 is 0. The quantitative estimate of drug-likeness (QED) is 0.285. The second-order valence-electron chi connectivity index (χ2n) is 9.63. The first-order valence-electron chi connectivity index (χ1n) is 13.1. The van der Waals surface area contributed by atoms with E-state index < -0.39 is 0 Å². The van der Waals surface area contributed by atoms with Crippen LogP contribution < -0.4 is 0 Å². The van der Waals surface area contributed by atoms with E-state index in [0.717, 1.165) is 48.4 Å². The number of hydrogen-bond donors (Lipinski definition) is 0. The van der Waals surface area contributed by atoms with Crippen molar-refractivity contribution < 1.29 is 0 Å². The highest BCUT2D eigenvalue weighted by molar-refractivity contribution is 5.94. The van der Waals surface area contributed by atoms with Gasteiger partial charge in [0.15, 0.2) is 0 Å². The van der Waals surface area contributed by atoms with Crippen molar-refractivity contribution >= 4 is 23.8 Å². The summed E-state index contributed by atoms with van der Waals surface area (Å²) in [5.74, 6) is 0. The van der Waals surface area contributed by atoms with Crippen molar-refractivity contribution in [1.82, 2.24) is 9.97 Å². The Morgan fingerprint density at radius 1 is 0.528 bits per heavy atom. The van der Waals surface area contributed by atoms with Gasteiger partial charge in [-0.25, -0.2) is 0 Å². The topological polar surface area (TPSA) is 50.5 Å². The highest BCUT2D eigenvalue weighted by Gasteiger charge is 2.24. The highest BCUT2D eigenvalue weighted by Crippen LogP contribution is 2.46. The molecule has 0 amide bonds. The second-order valence-corrected chi connectivity index (χ2v) is 9.63. The van der Waals surface area contributed by atoms with Gasteiger partial charge in [0.1, 0.15) is 0 Å². The van der Waals surface area contributed by atoms with E-state index in [9.17, 15) is 0 Å². The number of aryl methyl sites for hydroxylation is 2. The Hall–Kier alpha value is -3.92. The molecule has 0 bridgehead atoms. The Kier molecular flexibility index (Phi) is 6.49. The van der Waals surface area contributed by atoms with Crippen molar-refractivity contribution in [2.24, 2.45) is 9.98 Å². The largest absolute Gasteiger partial charge is 0.255 e. The Morgan fingerprint density at radius 3 is 1.44 bits per heavy atom. The molecule has 0 spiro atoms. The lowest BCUT2D eigenvalue weighted by molar-refractivity contribution is 0.682. The summed E-state index contributed by atoms with van der Waals surface area (Å²) in [6, 6.07) is 20.8. The van der Waals surface area contributed by atoms with Crippen molar-refractivity contribution in [3.63, 3.8) is 0 Å². The van der Waals surface area contributed by atoms with Crippen LogP contribution in [0.5, 0.6) is 0 Å². The maximum absolute atomic E-state index is 5.02. The van der Waals surface area contributed by atoms with E-state index in [1.807, 2.05) is 61.2 Å². The van der Waals surface area contributed by atoms with E-state index in [2.05, 4.69) is 34.2 Å². The second kappa shape index (κ2) is 10.4. The summed E-state index contributed by atoms with van der Waals surface area (Å²) in [5.41, 5.74) is 12.1. The summed E-state index contributed by atoms with van der Waals surface area (Å²) < 4.78 is 0. The molecule has 2 heterocycles. The number of hydrogen-bond acceptors (Lipinski definition) is 4. The first kappa shape index (κ1) is 22.5. The van der Waals surface area contributed by atoms with Crippen LogP contribution in [0.25, 0.3) is 11.1 Å². The van der Waals surface area contributed by atoms with Crippen molar-refractivity contribution in [2.75, 3.05) is 0 Å². The molecule has 2 aliphatic carbocycles. The third kappa shape index (κ3) is 4.64. The molecule has 0 saturated carbocycles. The first-order valence-corrected chi connectivity index (χ1v) is 13.1. The van der Waals surface area contributed by atoms with Gasteiger partial charge in [-0.15, -0.1) is 0 Å². The summed E-state index contributed by atoms with van der Waals surface area (Å²) in [5, 5.41) is 0. The average molecular weight is 471 g/mol. The van der Waals surface area contributed by atoms with E-state index in [-0.39, 0.29) is 0 Å². The molecule has 2 aromatic heterocycles. The van der Waals surface area contributed by atoms with E-state index in [1.54, 1.807) is 0 Å². The molecule has 0 saturated heterocycles. The van der Waals surface area contributed by atoms with Gasteiger partial charge in [0, 0.05) is 23.5 Å². The van der Waals surface area contributed by atoms with Gasteiger partial charge >= 0.3 is 0 Å². The lowest BCUT2D eigenvalue weighted by Crippen LogP contribution is -2.09. The smallest absolute Gasteiger partial charge is 0.0812 e. The number of rotatable bonds is 5. The number of aromatic nitrogens is 2. The fourth-order valence-corrected chi connectivity index (χ4v) is 5.58. The van der Waals surface area contributed by atoms with Crippen molar-refractivity contribution in [1.29, 1.82) is 0 Å². The molecule has 36 heavy (non-hydrogen) atoms.